The maximum absolute atomic E-state index is 11.5. The topological polar surface area (TPSA) is 73.6 Å². The van der Waals surface area contributed by atoms with Gasteiger partial charge in [0, 0.05) is 6.61 Å². The van der Waals surface area contributed by atoms with Crippen LogP contribution in [0.4, 0.5) is 11.4 Å². The minimum atomic E-state index is -0.370. The summed E-state index contributed by atoms with van der Waals surface area (Å²) < 4.78 is 10.4. The lowest BCUT2D eigenvalue weighted by Gasteiger charge is -2.28. The van der Waals surface area contributed by atoms with Gasteiger partial charge in [-0.3, -0.25) is 0 Å². The number of anilines is 2. The molecule has 1 heterocycles. The van der Waals surface area contributed by atoms with Gasteiger partial charge in [0.15, 0.2) is 0 Å². The van der Waals surface area contributed by atoms with Gasteiger partial charge in [-0.05, 0) is 38.5 Å². The van der Waals surface area contributed by atoms with E-state index in [1.54, 1.807) is 18.2 Å². The molecule has 1 aromatic rings. The molecule has 1 aromatic carbocycles. The van der Waals surface area contributed by atoms with Crippen molar-refractivity contribution >= 4 is 17.3 Å². The summed E-state index contributed by atoms with van der Waals surface area (Å²) in [4.78, 5) is 11.5. The van der Waals surface area contributed by atoms with Gasteiger partial charge < -0.3 is 20.5 Å². The molecule has 104 valence electrons. The Hall–Kier alpha value is -1.75. The van der Waals surface area contributed by atoms with Crippen LogP contribution in [-0.2, 0) is 9.47 Å². The Bertz CT molecular complexity index is 486. The molecule has 0 aromatic heterocycles. The highest BCUT2D eigenvalue weighted by atomic mass is 16.5. The quantitative estimate of drug-likeness (QED) is 0.645. The molecule has 5 nitrogen and oxygen atoms in total. The van der Waals surface area contributed by atoms with Crippen LogP contribution < -0.4 is 11.1 Å². The fourth-order valence-electron chi connectivity index (χ4n) is 2.25. The van der Waals surface area contributed by atoms with Crippen molar-refractivity contribution < 1.29 is 14.3 Å². The van der Waals surface area contributed by atoms with E-state index in [9.17, 15) is 4.79 Å². The van der Waals surface area contributed by atoms with Crippen LogP contribution in [0.5, 0.6) is 0 Å². The van der Waals surface area contributed by atoms with Crippen molar-refractivity contribution in [1.82, 2.24) is 0 Å². The first-order valence-corrected chi connectivity index (χ1v) is 6.32. The van der Waals surface area contributed by atoms with Gasteiger partial charge in [-0.25, -0.2) is 4.79 Å². The lowest BCUT2D eigenvalue weighted by atomic mass is 9.98. The van der Waals surface area contributed by atoms with Gasteiger partial charge in [0.1, 0.15) is 0 Å². The molecule has 1 atom stereocenters. The molecule has 0 amide bonds. The summed E-state index contributed by atoms with van der Waals surface area (Å²) in [5, 5.41) is 3.36. The number of nitrogen functional groups attached to an aromatic ring is 1. The zero-order valence-corrected chi connectivity index (χ0v) is 11.5. The van der Waals surface area contributed by atoms with Crippen LogP contribution in [0.15, 0.2) is 18.2 Å². The molecule has 0 radical (unpaired) electrons. The number of nitrogens with one attached hydrogen (secondary N) is 1. The zero-order chi connectivity index (χ0) is 14.0. The second-order valence-corrected chi connectivity index (χ2v) is 5.23. The predicted molar refractivity (Wildman–Crippen MR) is 74.3 cm³/mol. The average molecular weight is 264 g/mol. The minimum Gasteiger partial charge on any atom is -0.465 e. The molecular weight excluding hydrogens is 244 g/mol. The van der Waals surface area contributed by atoms with Gasteiger partial charge in [0.05, 0.1) is 35.7 Å². The highest BCUT2D eigenvalue weighted by molar-refractivity contribution is 5.92. The molecule has 0 aliphatic carbocycles. The fourth-order valence-corrected chi connectivity index (χ4v) is 2.25. The van der Waals surface area contributed by atoms with E-state index in [0.717, 1.165) is 18.7 Å². The van der Waals surface area contributed by atoms with Gasteiger partial charge in [-0.2, -0.15) is 0 Å². The minimum absolute atomic E-state index is 0.169. The van der Waals surface area contributed by atoms with E-state index in [4.69, 9.17) is 15.2 Å². The maximum Gasteiger partial charge on any atom is 0.337 e. The van der Waals surface area contributed by atoms with E-state index in [1.807, 2.05) is 13.8 Å². The number of carbonyl (C=O) groups excluding carboxylic acids is 1. The predicted octanol–water partition coefficient (Wildman–Crippen LogP) is 2.03. The molecule has 5 heteroatoms. The van der Waals surface area contributed by atoms with Crippen LogP contribution in [0.25, 0.3) is 0 Å². The molecule has 19 heavy (non-hydrogen) atoms. The second kappa shape index (κ2) is 5.09. The van der Waals surface area contributed by atoms with Gasteiger partial charge in [-0.1, -0.05) is 0 Å². The Morgan fingerprint density at radius 1 is 1.53 bits per heavy atom. The Morgan fingerprint density at radius 3 is 2.84 bits per heavy atom. The van der Waals surface area contributed by atoms with Crippen molar-refractivity contribution in [2.75, 3.05) is 24.8 Å². The number of ether oxygens (including phenoxy) is 2. The maximum atomic E-state index is 11.5. The fraction of sp³-hybridized carbons (Fsp3) is 0.500. The normalized spacial score (nSPS) is 21.1. The van der Waals surface area contributed by atoms with E-state index in [-0.39, 0.29) is 17.6 Å². The number of nitrogens with two attached hydrogens (primary N) is 1. The van der Waals surface area contributed by atoms with Crippen molar-refractivity contribution in [2.24, 2.45) is 0 Å². The average Bonchev–Trinajstić information content (AvgIpc) is 2.70. The molecule has 0 saturated carbocycles. The van der Waals surface area contributed by atoms with E-state index in [1.165, 1.54) is 7.11 Å². The van der Waals surface area contributed by atoms with Crippen molar-refractivity contribution in [3.05, 3.63) is 23.8 Å². The zero-order valence-electron chi connectivity index (χ0n) is 11.5. The molecule has 2 rings (SSSR count). The lowest BCUT2D eigenvalue weighted by Crippen LogP contribution is -2.38. The summed E-state index contributed by atoms with van der Waals surface area (Å²) in [5.41, 5.74) is 7.53. The highest BCUT2D eigenvalue weighted by Crippen LogP contribution is 2.30. The summed E-state index contributed by atoms with van der Waals surface area (Å²) in [6.07, 6.45) is 0.912. The first-order chi connectivity index (χ1) is 8.94. The van der Waals surface area contributed by atoms with E-state index in [0.29, 0.717) is 11.3 Å². The van der Waals surface area contributed by atoms with E-state index in [2.05, 4.69) is 5.32 Å². The summed E-state index contributed by atoms with van der Waals surface area (Å²) >= 11 is 0. The summed E-state index contributed by atoms with van der Waals surface area (Å²) in [6, 6.07) is 5.25. The summed E-state index contributed by atoms with van der Waals surface area (Å²) in [6.45, 7) is 4.80. The van der Waals surface area contributed by atoms with Crippen LogP contribution in [0.1, 0.15) is 30.6 Å². The molecular formula is C14H20N2O3. The Balaban J connectivity index is 2.22. The smallest absolute Gasteiger partial charge is 0.337 e. The molecule has 0 bridgehead atoms. The summed E-state index contributed by atoms with van der Waals surface area (Å²) in [5.74, 6) is -0.370. The number of esters is 1. The van der Waals surface area contributed by atoms with E-state index < -0.39 is 0 Å². The van der Waals surface area contributed by atoms with Crippen molar-refractivity contribution in [1.29, 1.82) is 0 Å². The molecule has 1 aliphatic rings. The second-order valence-electron chi connectivity index (χ2n) is 5.23. The first kappa shape index (κ1) is 13.7. The number of methoxy groups -OCH3 is 1. The van der Waals surface area contributed by atoms with Gasteiger partial charge in [0.2, 0.25) is 0 Å². The monoisotopic (exact) mass is 264 g/mol. The van der Waals surface area contributed by atoms with Crippen LogP contribution in [0.3, 0.4) is 0 Å². The molecule has 1 unspecified atom stereocenters. The highest BCUT2D eigenvalue weighted by Gasteiger charge is 2.35. The Labute approximate surface area is 113 Å². The Morgan fingerprint density at radius 2 is 2.26 bits per heavy atom. The summed E-state index contributed by atoms with van der Waals surface area (Å²) in [7, 11) is 1.36. The third-order valence-electron chi connectivity index (χ3n) is 3.52. The molecule has 1 saturated heterocycles. The largest absolute Gasteiger partial charge is 0.465 e. The number of benzene rings is 1. The molecule has 0 spiro atoms. The number of hydrogen-bond acceptors (Lipinski definition) is 5. The standard InChI is InChI=1S/C14H20N2O3/c1-14(2)12(6-7-19-14)16-11-8-9(13(17)18-3)4-5-10(11)15/h4-5,8,12,16H,6-7,15H2,1-3H3. The van der Waals surface area contributed by atoms with Crippen molar-refractivity contribution in [2.45, 2.75) is 31.9 Å². The van der Waals surface area contributed by atoms with Gasteiger partial charge >= 0.3 is 5.97 Å². The third-order valence-corrected chi connectivity index (χ3v) is 3.52. The number of carbonyl (C=O) groups is 1. The van der Waals surface area contributed by atoms with Gasteiger partial charge in [-0.15, -0.1) is 0 Å². The number of rotatable bonds is 3. The van der Waals surface area contributed by atoms with Crippen LogP contribution in [0, 0.1) is 0 Å². The van der Waals surface area contributed by atoms with Crippen molar-refractivity contribution in [3.63, 3.8) is 0 Å². The molecule has 1 fully saturated rings. The third kappa shape index (κ3) is 2.81. The van der Waals surface area contributed by atoms with Crippen molar-refractivity contribution in [3.8, 4) is 0 Å². The lowest BCUT2D eigenvalue weighted by molar-refractivity contribution is 0.0315. The van der Waals surface area contributed by atoms with Gasteiger partial charge in [0.25, 0.3) is 0 Å². The Kier molecular flexibility index (Phi) is 3.66. The van der Waals surface area contributed by atoms with E-state index >= 15 is 0 Å². The number of hydrogen-bond donors (Lipinski definition) is 2. The molecule has 3 N–H and O–H groups in total. The molecule has 1 aliphatic heterocycles. The van der Waals surface area contributed by atoms with Crippen LogP contribution in [0.2, 0.25) is 0 Å². The first-order valence-electron chi connectivity index (χ1n) is 6.32. The SMILES string of the molecule is COC(=O)c1ccc(N)c(NC2CCOC2(C)C)c1. The van der Waals surface area contributed by atoms with Crippen LogP contribution >= 0.6 is 0 Å². The van der Waals surface area contributed by atoms with Crippen LogP contribution in [-0.4, -0.2) is 31.3 Å².